The van der Waals surface area contributed by atoms with Gasteiger partial charge in [-0.15, -0.1) is 0 Å². The van der Waals surface area contributed by atoms with Gasteiger partial charge >= 0.3 is 0 Å². The number of benzene rings is 1. The van der Waals surface area contributed by atoms with Crippen LogP contribution in [0.3, 0.4) is 0 Å². The van der Waals surface area contributed by atoms with Crippen molar-refractivity contribution in [1.29, 1.82) is 5.26 Å². The van der Waals surface area contributed by atoms with Crippen LogP contribution in [0.2, 0.25) is 0 Å². The molecule has 3 rings (SSSR count). The van der Waals surface area contributed by atoms with Crippen molar-refractivity contribution in [1.82, 2.24) is 9.97 Å². The molecule has 0 atom stereocenters. The molecule has 0 radical (unpaired) electrons. The van der Waals surface area contributed by atoms with Gasteiger partial charge in [0, 0.05) is 11.6 Å². The highest BCUT2D eigenvalue weighted by Gasteiger charge is 2.09. The first-order chi connectivity index (χ1) is 9.78. The van der Waals surface area contributed by atoms with Crippen molar-refractivity contribution < 1.29 is 4.74 Å². The zero-order chi connectivity index (χ0) is 13.9. The van der Waals surface area contributed by atoms with Crippen LogP contribution in [0.5, 0.6) is 11.6 Å². The van der Waals surface area contributed by atoms with Crippen LogP contribution in [0.1, 0.15) is 11.1 Å². The lowest BCUT2D eigenvalue weighted by Crippen LogP contribution is -1.94. The number of hydrogen-bond donors (Lipinski definition) is 0. The second kappa shape index (κ2) is 4.98. The number of fused-ring (bicyclic) bond motifs is 1. The lowest BCUT2D eigenvalue weighted by Gasteiger charge is -2.08. The molecule has 0 aliphatic rings. The Morgan fingerprint density at radius 2 is 2.00 bits per heavy atom. The second-order valence-corrected chi connectivity index (χ2v) is 4.39. The molecule has 4 heteroatoms. The van der Waals surface area contributed by atoms with Gasteiger partial charge in [0.05, 0.1) is 11.7 Å². The molecule has 20 heavy (non-hydrogen) atoms. The van der Waals surface area contributed by atoms with E-state index in [1.54, 1.807) is 18.5 Å². The molecule has 0 spiro atoms. The Kier molecular flexibility index (Phi) is 3.02. The smallest absolute Gasteiger partial charge is 0.237 e. The molecule has 1 aromatic carbocycles. The minimum atomic E-state index is 0.310. The van der Waals surface area contributed by atoms with Gasteiger partial charge in [0.15, 0.2) is 0 Å². The number of aromatic nitrogens is 2. The zero-order valence-electron chi connectivity index (χ0n) is 10.9. The summed E-state index contributed by atoms with van der Waals surface area (Å²) in [5.41, 5.74) is 2.18. The lowest BCUT2D eigenvalue weighted by atomic mass is 10.2. The highest BCUT2D eigenvalue weighted by Crippen LogP contribution is 2.26. The van der Waals surface area contributed by atoms with E-state index in [2.05, 4.69) is 16.0 Å². The highest BCUT2D eigenvalue weighted by atomic mass is 16.5. The third-order valence-corrected chi connectivity index (χ3v) is 3.02. The van der Waals surface area contributed by atoms with Crippen molar-refractivity contribution in [2.24, 2.45) is 0 Å². The quantitative estimate of drug-likeness (QED) is 0.707. The lowest BCUT2D eigenvalue weighted by molar-refractivity contribution is 0.459. The van der Waals surface area contributed by atoms with Gasteiger partial charge in [-0.3, -0.25) is 4.98 Å². The topological polar surface area (TPSA) is 58.8 Å². The fourth-order valence-electron chi connectivity index (χ4n) is 1.96. The summed E-state index contributed by atoms with van der Waals surface area (Å²) in [5.74, 6) is 0.878. The van der Waals surface area contributed by atoms with Crippen LogP contribution >= 0.6 is 0 Å². The predicted octanol–water partition coefficient (Wildman–Crippen LogP) is 3.60. The van der Waals surface area contributed by atoms with E-state index in [1.807, 2.05) is 37.3 Å². The first-order valence-corrected chi connectivity index (χ1v) is 6.16. The summed E-state index contributed by atoms with van der Waals surface area (Å²) in [7, 11) is 0. The van der Waals surface area contributed by atoms with Gasteiger partial charge in [-0.05, 0) is 30.7 Å². The summed E-state index contributed by atoms with van der Waals surface area (Å²) in [6.07, 6.45) is 3.26. The Morgan fingerprint density at radius 3 is 2.85 bits per heavy atom. The minimum absolute atomic E-state index is 0.310. The van der Waals surface area contributed by atoms with Crippen LogP contribution in [-0.2, 0) is 0 Å². The summed E-state index contributed by atoms with van der Waals surface area (Å²) >= 11 is 0. The average Bonchev–Trinajstić information content (AvgIpc) is 2.47. The molecule has 0 aliphatic heterocycles. The van der Waals surface area contributed by atoms with Gasteiger partial charge in [0.25, 0.3) is 0 Å². The van der Waals surface area contributed by atoms with E-state index in [1.165, 1.54) is 0 Å². The number of aryl methyl sites for hydroxylation is 1. The van der Waals surface area contributed by atoms with Crippen molar-refractivity contribution in [2.45, 2.75) is 6.92 Å². The fraction of sp³-hybridized carbons (Fsp3) is 0.0625. The molecule has 96 valence electrons. The maximum absolute atomic E-state index is 9.16. The second-order valence-electron chi connectivity index (χ2n) is 4.39. The van der Waals surface area contributed by atoms with Gasteiger partial charge < -0.3 is 4.74 Å². The fourth-order valence-corrected chi connectivity index (χ4v) is 1.96. The van der Waals surface area contributed by atoms with Crippen molar-refractivity contribution in [3.8, 4) is 17.7 Å². The minimum Gasteiger partial charge on any atom is -0.436 e. The van der Waals surface area contributed by atoms with E-state index in [0.717, 1.165) is 16.5 Å². The molecule has 0 fully saturated rings. The molecule has 0 aliphatic carbocycles. The molecule has 0 saturated carbocycles. The Balaban J connectivity index is 2.02. The number of ether oxygens (including phenoxy) is 1. The molecule has 2 aromatic heterocycles. The van der Waals surface area contributed by atoms with E-state index in [-0.39, 0.29) is 0 Å². The number of para-hydroxylation sites is 1. The number of rotatable bonds is 2. The van der Waals surface area contributed by atoms with Gasteiger partial charge in [-0.2, -0.15) is 5.26 Å². The number of hydrogen-bond acceptors (Lipinski definition) is 4. The molecule has 4 nitrogen and oxygen atoms in total. The average molecular weight is 261 g/mol. The van der Waals surface area contributed by atoms with Crippen molar-refractivity contribution in [3.05, 3.63) is 59.9 Å². The van der Waals surface area contributed by atoms with Crippen LogP contribution in [0.4, 0.5) is 0 Å². The Bertz CT molecular complexity index is 821. The molecule has 0 bridgehead atoms. The normalized spacial score (nSPS) is 10.2. The van der Waals surface area contributed by atoms with Crippen LogP contribution in [0, 0.1) is 18.3 Å². The van der Waals surface area contributed by atoms with Gasteiger partial charge in [-0.25, -0.2) is 4.98 Å². The Morgan fingerprint density at radius 1 is 1.15 bits per heavy atom. The first kappa shape index (κ1) is 12.1. The third-order valence-electron chi connectivity index (χ3n) is 3.02. The van der Waals surface area contributed by atoms with Crippen molar-refractivity contribution in [2.75, 3.05) is 0 Å². The van der Waals surface area contributed by atoms with E-state index in [0.29, 0.717) is 17.2 Å². The largest absolute Gasteiger partial charge is 0.436 e. The molecule has 0 unspecified atom stereocenters. The predicted molar refractivity (Wildman–Crippen MR) is 75.5 cm³/mol. The van der Waals surface area contributed by atoms with Gasteiger partial charge in [0.2, 0.25) is 5.88 Å². The molecular weight excluding hydrogens is 250 g/mol. The summed E-state index contributed by atoms with van der Waals surface area (Å²) in [6, 6.07) is 13.6. The number of nitriles is 1. The molecule has 0 amide bonds. The Hall–Kier alpha value is -2.93. The van der Waals surface area contributed by atoms with Gasteiger partial charge in [-0.1, -0.05) is 18.2 Å². The van der Waals surface area contributed by atoms with Crippen molar-refractivity contribution >= 4 is 10.9 Å². The highest BCUT2D eigenvalue weighted by molar-refractivity contribution is 5.79. The van der Waals surface area contributed by atoms with Gasteiger partial charge in [0.1, 0.15) is 17.4 Å². The monoisotopic (exact) mass is 261 g/mol. The Labute approximate surface area is 116 Å². The summed E-state index contributed by atoms with van der Waals surface area (Å²) in [5, 5.41) is 10.1. The zero-order valence-corrected chi connectivity index (χ0v) is 10.9. The standard InChI is InChI=1S/C16H11N3O/c1-11-6-7-18-16(14(11)9-17)20-13-8-12-4-2-3-5-15(12)19-10-13/h2-8,10H,1H3. The van der Waals surface area contributed by atoms with Crippen molar-refractivity contribution in [3.63, 3.8) is 0 Å². The summed E-state index contributed by atoms with van der Waals surface area (Å²) < 4.78 is 5.69. The molecular formula is C16H11N3O. The van der Waals surface area contributed by atoms with Crippen LogP contribution in [0.25, 0.3) is 10.9 Å². The molecule has 0 saturated heterocycles. The van der Waals surface area contributed by atoms with Crippen LogP contribution in [-0.4, -0.2) is 9.97 Å². The number of nitrogens with zero attached hydrogens (tertiary/aromatic N) is 3. The van der Waals surface area contributed by atoms with Crippen LogP contribution in [0.15, 0.2) is 48.8 Å². The third kappa shape index (κ3) is 2.17. The summed E-state index contributed by atoms with van der Waals surface area (Å²) in [6.45, 7) is 1.85. The summed E-state index contributed by atoms with van der Waals surface area (Å²) in [4.78, 5) is 8.43. The maximum atomic E-state index is 9.16. The van der Waals surface area contributed by atoms with E-state index in [9.17, 15) is 0 Å². The molecule has 0 N–H and O–H groups in total. The van der Waals surface area contributed by atoms with E-state index >= 15 is 0 Å². The number of pyridine rings is 2. The maximum Gasteiger partial charge on any atom is 0.237 e. The van der Waals surface area contributed by atoms with Crippen LogP contribution < -0.4 is 4.74 Å². The molecule has 3 aromatic rings. The first-order valence-electron chi connectivity index (χ1n) is 6.16. The van der Waals surface area contributed by atoms with E-state index < -0.39 is 0 Å². The van der Waals surface area contributed by atoms with E-state index in [4.69, 9.17) is 10.00 Å². The molecule has 2 heterocycles. The SMILES string of the molecule is Cc1ccnc(Oc2cnc3ccccc3c2)c1C#N.